The highest BCUT2D eigenvalue weighted by atomic mass is 15.1. The summed E-state index contributed by atoms with van der Waals surface area (Å²) in [7, 11) is 0. The van der Waals surface area contributed by atoms with Gasteiger partial charge in [-0.2, -0.15) is 5.26 Å². The summed E-state index contributed by atoms with van der Waals surface area (Å²) < 4.78 is 0. The number of imidazole rings is 1. The van der Waals surface area contributed by atoms with Crippen LogP contribution in [0, 0.1) is 18.4 Å². The Hall–Kier alpha value is -1.50. The van der Waals surface area contributed by atoms with Gasteiger partial charge in [0.1, 0.15) is 5.82 Å². The molecule has 1 heterocycles. The molecule has 0 aliphatic heterocycles. The molecule has 0 radical (unpaired) electrons. The average Bonchev–Trinajstić information content (AvgIpc) is 2.53. The van der Waals surface area contributed by atoms with Crippen LogP contribution >= 0.6 is 0 Å². The smallest absolute Gasteiger partial charge is 0.179 e. The lowest BCUT2D eigenvalue weighted by atomic mass is 10.3. The second kappa shape index (κ2) is 4.51. The Labute approximate surface area is 78.2 Å². The van der Waals surface area contributed by atoms with E-state index in [1.807, 2.05) is 20.0 Å². The van der Waals surface area contributed by atoms with E-state index < -0.39 is 0 Å². The molecule has 0 aromatic carbocycles. The summed E-state index contributed by atoms with van der Waals surface area (Å²) in [5, 5.41) is 8.66. The molecular weight excluding hydrogens is 164 g/mol. The number of hydrogen-bond acceptors (Lipinski definition) is 3. The molecule has 0 amide bonds. The van der Waals surface area contributed by atoms with E-state index in [0.29, 0.717) is 0 Å². The van der Waals surface area contributed by atoms with Crippen LogP contribution in [0.1, 0.15) is 18.4 Å². The number of aromatic amines is 1. The molecule has 0 aliphatic carbocycles. The van der Waals surface area contributed by atoms with E-state index in [9.17, 15) is 0 Å². The molecule has 13 heavy (non-hydrogen) atoms. The number of hydrogen-bond donors (Lipinski definition) is 1. The topological polar surface area (TPSA) is 55.7 Å². The Morgan fingerprint density at radius 1 is 1.69 bits per heavy atom. The molecule has 4 nitrogen and oxygen atoms in total. The first kappa shape index (κ1) is 9.59. The van der Waals surface area contributed by atoms with Crippen LogP contribution in [-0.2, 0) is 6.42 Å². The summed E-state index contributed by atoms with van der Waals surface area (Å²) in [6, 6.07) is 0. The number of aromatic nitrogens is 2. The Balaban J connectivity index is 2.39. The van der Waals surface area contributed by atoms with E-state index >= 15 is 0 Å². The third-order valence-electron chi connectivity index (χ3n) is 1.93. The maximum absolute atomic E-state index is 8.66. The number of nitrogens with zero attached hydrogens (tertiary/aromatic N) is 3. The Kier molecular flexibility index (Phi) is 3.32. The third-order valence-corrected chi connectivity index (χ3v) is 1.93. The van der Waals surface area contributed by atoms with Crippen molar-refractivity contribution in [2.24, 2.45) is 0 Å². The molecular formula is C9H14N4. The van der Waals surface area contributed by atoms with Crippen molar-refractivity contribution in [1.82, 2.24) is 14.9 Å². The van der Waals surface area contributed by atoms with Crippen LogP contribution in [0.15, 0.2) is 6.20 Å². The standard InChI is InChI=1S/C9H14N4/c1-3-13(7-10)5-4-9-6-11-8(2)12-9/h6H,3-5H2,1-2H3,(H,11,12). The maximum atomic E-state index is 8.66. The van der Waals surface area contributed by atoms with Gasteiger partial charge in [0.2, 0.25) is 0 Å². The first-order valence-corrected chi connectivity index (χ1v) is 4.41. The van der Waals surface area contributed by atoms with Crippen molar-refractivity contribution in [3.8, 4) is 6.19 Å². The van der Waals surface area contributed by atoms with E-state index in [2.05, 4.69) is 16.2 Å². The first-order chi connectivity index (χ1) is 6.26. The Morgan fingerprint density at radius 2 is 2.46 bits per heavy atom. The number of nitrogens with one attached hydrogen (secondary N) is 1. The maximum Gasteiger partial charge on any atom is 0.179 e. The summed E-state index contributed by atoms with van der Waals surface area (Å²) >= 11 is 0. The molecule has 1 aromatic heterocycles. The fourth-order valence-corrected chi connectivity index (χ4v) is 1.13. The summed E-state index contributed by atoms with van der Waals surface area (Å²) in [5.74, 6) is 0.926. The molecule has 70 valence electrons. The molecule has 1 N–H and O–H groups in total. The SMILES string of the molecule is CCN(C#N)CCc1cnc(C)[nH]1. The molecule has 1 aromatic rings. The largest absolute Gasteiger partial charge is 0.346 e. The molecule has 0 saturated heterocycles. The molecule has 0 fully saturated rings. The van der Waals surface area contributed by atoms with Crippen LogP contribution in [0.5, 0.6) is 0 Å². The van der Waals surface area contributed by atoms with E-state index in [1.165, 1.54) is 0 Å². The summed E-state index contributed by atoms with van der Waals surface area (Å²) in [5.41, 5.74) is 1.09. The van der Waals surface area contributed by atoms with Gasteiger partial charge < -0.3 is 9.88 Å². The minimum atomic E-state index is 0.759. The molecule has 1 rings (SSSR count). The third kappa shape index (κ3) is 2.79. The number of likely N-dealkylation sites (N-methyl/N-ethyl adjacent to an activating group) is 1. The first-order valence-electron chi connectivity index (χ1n) is 4.41. The number of aryl methyl sites for hydroxylation is 1. The van der Waals surface area contributed by atoms with Crippen LogP contribution in [0.25, 0.3) is 0 Å². The van der Waals surface area contributed by atoms with Crippen LogP contribution in [0.2, 0.25) is 0 Å². The van der Waals surface area contributed by atoms with Gasteiger partial charge in [0.25, 0.3) is 0 Å². The predicted molar refractivity (Wildman–Crippen MR) is 49.9 cm³/mol. The van der Waals surface area contributed by atoms with E-state index in [0.717, 1.165) is 31.0 Å². The van der Waals surface area contributed by atoms with Gasteiger partial charge in [0.15, 0.2) is 6.19 Å². The normalized spacial score (nSPS) is 9.62. The van der Waals surface area contributed by atoms with Gasteiger partial charge in [0.05, 0.1) is 0 Å². The lowest BCUT2D eigenvalue weighted by Crippen LogP contribution is -2.19. The minimum absolute atomic E-state index is 0.759. The van der Waals surface area contributed by atoms with Crippen molar-refractivity contribution in [2.75, 3.05) is 13.1 Å². The van der Waals surface area contributed by atoms with Gasteiger partial charge in [-0.3, -0.25) is 0 Å². The van der Waals surface area contributed by atoms with Gasteiger partial charge in [0, 0.05) is 31.4 Å². The van der Waals surface area contributed by atoms with E-state index in [-0.39, 0.29) is 0 Å². The highest BCUT2D eigenvalue weighted by molar-refractivity contribution is 5.00. The summed E-state index contributed by atoms with van der Waals surface area (Å²) in [6.45, 7) is 5.42. The second-order valence-corrected chi connectivity index (χ2v) is 2.92. The zero-order chi connectivity index (χ0) is 9.68. The van der Waals surface area contributed by atoms with Crippen LogP contribution < -0.4 is 0 Å². The Morgan fingerprint density at radius 3 is 2.92 bits per heavy atom. The van der Waals surface area contributed by atoms with Gasteiger partial charge in [-0.05, 0) is 13.8 Å². The fourth-order valence-electron chi connectivity index (χ4n) is 1.13. The molecule has 0 bridgehead atoms. The predicted octanol–water partition coefficient (Wildman–Crippen LogP) is 1.06. The average molecular weight is 178 g/mol. The zero-order valence-electron chi connectivity index (χ0n) is 8.04. The quantitative estimate of drug-likeness (QED) is 0.554. The van der Waals surface area contributed by atoms with Crippen molar-refractivity contribution < 1.29 is 0 Å². The van der Waals surface area contributed by atoms with Gasteiger partial charge in [-0.15, -0.1) is 0 Å². The monoisotopic (exact) mass is 178 g/mol. The molecule has 0 spiro atoms. The lowest BCUT2D eigenvalue weighted by Gasteiger charge is -2.10. The summed E-state index contributed by atoms with van der Waals surface area (Å²) in [6.07, 6.45) is 4.80. The second-order valence-electron chi connectivity index (χ2n) is 2.92. The van der Waals surface area contributed by atoms with Crippen molar-refractivity contribution in [3.05, 3.63) is 17.7 Å². The van der Waals surface area contributed by atoms with Crippen molar-refractivity contribution in [2.45, 2.75) is 20.3 Å². The number of rotatable bonds is 4. The molecule has 0 unspecified atom stereocenters. The zero-order valence-corrected chi connectivity index (χ0v) is 8.04. The van der Waals surface area contributed by atoms with Gasteiger partial charge in [-0.1, -0.05) is 0 Å². The highest BCUT2D eigenvalue weighted by Crippen LogP contribution is 1.98. The molecule has 0 aliphatic rings. The lowest BCUT2D eigenvalue weighted by molar-refractivity contribution is 0.416. The van der Waals surface area contributed by atoms with Gasteiger partial charge in [-0.25, -0.2) is 4.98 Å². The van der Waals surface area contributed by atoms with E-state index in [1.54, 1.807) is 4.90 Å². The molecule has 4 heteroatoms. The number of nitriles is 1. The van der Waals surface area contributed by atoms with Crippen molar-refractivity contribution >= 4 is 0 Å². The molecule has 0 saturated carbocycles. The Bertz CT molecular complexity index is 297. The van der Waals surface area contributed by atoms with Gasteiger partial charge >= 0.3 is 0 Å². The fraction of sp³-hybridized carbons (Fsp3) is 0.556. The van der Waals surface area contributed by atoms with Crippen molar-refractivity contribution in [1.29, 1.82) is 5.26 Å². The van der Waals surface area contributed by atoms with E-state index in [4.69, 9.17) is 5.26 Å². The van der Waals surface area contributed by atoms with Crippen LogP contribution in [-0.4, -0.2) is 28.0 Å². The number of H-pyrrole nitrogens is 1. The van der Waals surface area contributed by atoms with Crippen LogP contribution in [0.3, 0.4) is 0 Å². The van der Waals surface area contributed by atoms with Crippen LogP contribution in [0.4, 0.5) is 0 Å². The van der Waals surface area contributed by atoms with Crippen molar-refractivity contribution in [3.63, 3.8) is 0 Å². The minimum Gasteiger partial charge on any atom is -0.346 e. The molecule has 0 atom stereocenters. The highest BCUT2D eigenvalue weighted by Gasteiger charge is 2.00. The summed E-state index contributed by atoms with van der Waals surface area (Å²) in [4.78, 5) is 8.94.